The van der Waals surface area contributed by atoms with Gasteiger partial charge in [0.05, 0.1) is 0 Å². The summed E-state index contributed by atoms with van der Waals surface area (Å²) < 4.78 is 5.68. The molecular weight excluding hydrogens is 330 g/mol. The molecule has 3 aromatic rings. The number of carbonyl (C=O) groups is 2. The molecule has 0 aliphatic carbocycles. The molecular formula is C20H17N3O3. The van der Waals surface area contributed by atoms with E-state index in [-0.39, 0.29) is 11.9 Å². The van der Waals surface area contributed by atoms with Gasteiger partial charge in [-0.05, 0) is 43.2 Å². The van der Waals surface area contributed by atoms with Crippen LogP contribution in [0.1, 0.15) is 31.8 Å². The van der Waals surface area contributed by atoms with E-state index in [1.807, 2.05) is 13.0 Å². The zero-order valence-electron chi connectivity index (χ0n) is 14.4. The molecule has 0 aliphatic heterocycles. The summed E-state index contributed by atoms with van der Waals surface area (Å²) in [5.74, 6) is 0.254. The van der Waals surface area contributed by atoms with E-state index in [4.69, 9.17) is 4.74 Å². The third kappa shape index (κ3) is 3.75. The Morgan fingerprint density at radius 1 is 1.08 bits per heavy atom. The molecule has 6 nitrogen and oxygen atoms in total. The van der Waals surface area contributed by atoms with E-state index in [1.165, 1.54) is 0 Å². The normalized spacial score (nSPS) is 10.2. The van der Waals surface area contributed by atoms with E-state index in [2.05, 4.69) is 15.3 Å². The number of rotatable bonds is 5. The molecule has 1 aromatic heterocycles. The first kappa shape index (κ1) is 17.3. The number of aryl methyl sites for hydroxylation is 1. The average Bonchev–Trinajstić information content (AvgIpc) is 2.65. The molecule has 130 valence electrons. The van der Waals surface area contributed by atoms with Crippen LogP contribution in [0.4, 0.5) is 5.69 Å². The van der Waals surface area contributed by atoms with Crippen LogP contribution in [-0.2, 0) is 0 Å². The van der Waals surface area contributed by atoms with Crippen LogP contribution >= 0.6 is 0 Å². The van der Waals surface area contributed by atoms with Gasteiger partial charge in [0, 0.05) is 35.3 Å². The molecule has 0 fully saturated rings. The van der Waals surface area contributed by atoms with Gasteiger partial charge in [0.25, 0.3) is 5.91 Å². The van der Waals surface area contributed by atoms with Crippen molar-refractivity contribution in [1.29, 1.82) is 0 Å². The zero-order chi connectivity index (χ0) is 18.5. The van der Waals surface area contributed by atoms with Gasteiger partial charge in [0.2, 0.25) is 0 Å². The molecule has 3 rings (SSSR count). The highest BCUT2D eigenvalue weighted by molar-refractivity contribution is 6.06. The lowest BCUT2D eigenvalue weighted by Crippen LogP contribution is -2.14. The number of amides is 1. The van der Waals surface area contributed by atoms with Gasteiger partial charge in [-0.25, -0.2) is 9.97 Å². The molecule has 1 amide bonds. The summed E-state index contributed by atoms with van der Waals surface area (Å²) in [6.45, 7) is 3.64. The van der Waals surface area contributed by atoms with Gasteiger partial charge in [-0.15, -0.1) is 0 Å². The first-order valence-corrected chi connectivity index (χ1v) is 8.00. The van der Waals surface area contributed by atoms with E-state index in [1.54, 1.807) is 55.7 Å². The van der Waals surface area contributed by atoms with E-state index < -0.39 is 0 Å². The largest absolute Gasteiger partial charge is 0.424 e. The number of nitrogens with zero attached hydrogens (tertiary/aromatic N) is 2. The van der Waals surface area contributed by atoms with Crippen molar-refractivity contribution in [2.24, 2.45) is 0 Å². The second-order valence-electron chi connectivity index (χ2n) is 5.71. The van der Waals surface area contributed by atoms with Gasteiger partial charge >= 0.3 is 6.01 Å². The van der Waals surface area contributed by atoms with Crippen LogP contribution in [0.3, 0.4) is 0 Å². The molecule has 6 heteroatoms. The monoisotopic (exact) mass is 347 g/mol. The number of hydrogen-bond acceptors (Lipinski definition) is 5. The number of nitrogens with one attached hydrogen (secondary N) is 1. The Kier molecular flexibility index (Phi) is 5.03. The summed E-state index contributed by atoms with van der Waals surface area (Å²) in [5.41, 5.74) is 3.04. The van der Waals surface area contributed by atoms with Crippen molar-refractivity contribution in [1.82, 2.24) is 9.97 Å². The maximum absolute atomic E-state index is 12.6. The number of ether oxygens (including phenoxy) is 1. The van der Waals surface area contributed by atoms with Gasteiger partial charge in [0.1, 0.15) is 12.0 Å². The summed E-state index contributed by atoms with van der Waals surface area (Å²) in [7, 11) is 0. The predicted octanol–water partition coefficient (Wildman–Crippen LogP) is 3.95. The highest BCUT2D eigenvalue weighted by atomic mass is 16.5. The fourth-order valence-electron chi connectivity index (χ4n) is 2.45. The van der Waals surface area contributed by atoms with Crippen molar-refractivity contribution < 1.29 is 14.3 Å². The molecule has 0 unspecified atom stereocenters. The summed E-state index contributed by atoms with van der Waals surface area (Å²) >= 11 is 0. The minimum atomic E-state index is -0.294. The highest BCUT2D eigenvalue weighted by Gasteiger charge is 2.13. The minimum absolute atomic E-state index is 0.230. The van der Waals surface area contributed by atoms with Crippen LogP contribution in [0, 0.1) is 13.8 Å². The molecule has 0 saturated carbocycles. The highest BCUT2D eigenvalue weighted by Crippen LogP contribution is 2.26. The average molecular weight is 347 g/mol. The van der Waals surface area contributed by atoms with Crippen LogP contribution in [0.2, 0.25) is 0 Å². The maximum Gasteiger partial charge on any atom is 0.321 e. The SMILES string of the molecule is Cc1ccc(NC(=O)c2cccc(C=O)c2C)cc1Oc1ncccn1. The van der Waals surface area contributed by atoms with Crippen molar-refractivity contribution in [3.8, 4) is 11.8 Å². The fourth-order valence-corrected chi connectivity index (χ4v) is 2.45. The van der Waals surface area contributed by atoms with Gasteiger partial charge in [0.15, 0.2) is 0 Å². The molecule has 0 atom stereocenters. The Bertz CT molecular complexity index is 956. The third-order valence-corrected chi connectivity index (χ3v) is 3.94. The van der Waals surface area contributed by atoms with Crippen LogP contribution in [0.25, 0.3) is 0 Å². The molecule has 0 radical (unpaired) electrons. The second kappa shape index (κ2) is 7.57. The Morgan fingerprint density at radius 2 is 1.85 bits per heavy atom. The molecule has 0 saturated heterocycles. The van der Waals surface area contributed by atoms with Crippen LogP contribution in [-0.4, -0.2) is 22.2 Å². The quantitative estimate of drug-likeness (QED) is 0.707. The number of anilines is 1. The molecule has 1 N–H and O–H groups in total. The third-order valence-electron chi connectivity index (χ3n) is 3.94. The van der Waals surface area contributed by atoms with Gasteiger partial charge in [-0.2, -0.15) is 0 Å². The number of benzene rings is 2. The number of carbonyl (C=O) groups excluding carboxylic acids is 2. The van der Waals surface area contributed by atoms with Crippen LogP contribution in [0.15, 0.2) is 54.9 Å². The Labute approximate surface area is 150 Å². The smallest absolute Gasteiger partial charge is 0.321 e. The molecule has 1 heterocycles. The van der Waals surface area contributed by atoms with Crippen molar-refractivity contribution in [3.63, 3.8) is 0 Å². The van der Waals surface area contributed by atoms with Crippen molar-refractivity contribution >= 4 is 17.9 Å². The first-order valence-electron chi connectivity index (χ1n) is 8.00. The van der Waals surface area contributed by atoms with Crippen LogP contribution < -0.4 is 10.1 Å². The molecule has 26 heavy (non-hydrogen) atoms. The number of aromatic nitrogens is 2. The van der Waals surface area contributed by atoms with E-state index >= 15 is 0 Å². The molecule has 0 aliphatic rings. The summed E-state index contributed by atoms with van der Waals surface area (Å²) in [5, 5.41) is 2.83. The lowest BCUT2D eigenvalue weighted by atomic mass is 10.0. The second-order valence-corrected chi connectivity index (χ2v) is 5.71. The van der Waals surface area contributed by atoms with Crippen molar-refractivity contribution in [2.45, 2.75) is 13.8 Å². The predicted molar refractivity (Wildman–Crippen MR) is 97.8 cm³/mol. The summed E-state index contributed by atoms with van der Waals surface area (Å²) in [4.78, 5) is 31.7. The minimum Gasteiger partial charge on any atom is -0.424 e. The van der Waals surface area contributed by atoms with E-state index in [9.17, 15) is 9.59 Å². The molecule has 0 spiro atoms. The van der Waals surface area contributed by atoms with E-state index in [0.717, 1.165) is 11.8 Å². The molecule has 2 aromatic carbocycles. The Balaban J connectivity index is 1.83. The topological polar surface area (TPSA) is 81.2 Å². The maximum atomic E-state index is 12.6. The number of aldehydes is 1. The lowest BCUT2D eigenvalue weighted by molar-refractivity contribution is 0.102. The molecule has 0 bridgehead atoms. The lowest BCUT2D eigenvalue weighted by Gasteiger charge is -2.12. The van der Waals surface area contributed by atoms with Crippen molar-refractivity contribution in [2.75, 3.05) is 5.32 Å². The van der Waals surface area contributed by atoms with E-state index in [0.29, 0.717) is 28.1 Å². The zero-order valence-corrected chi connectivity index (χ0v) is 14.4. The summed E-state index contributed by atoms with van der Waals surface area (Å²) in [6, 6.07) is 12.3. The van der Waals surface area contributed by atoms with Gasteiger partial charge in [-0.3, -0.25) is 9.59 Å². The standard InChI is InChI=1S/C20H17N3O3/c1-13-7-8-16(11-18(13)26-20-21-9-4-10-22-20)23-19(25)17-6-3-5-15(12-24)14(17)2/h3-12H,1-2H3,(H,23,25). The number of hydrogen-bond donors (Lipinski definition) is 1. The van der Waals surface area contributed by atoms with Gasteiger partial charge in [-0.1, -0.05) is 18.2 Å². The van der Waals surface area contributed by atoms with Gasteiger partial charge < -0.3 is 10.1 Å². The first-order chi connectivity index (χ1) is 12.6. The Hall–Kier alpha value is -3.54. The van der Waals surface area contributed by atoms with Crippen molar-refractivity contribution in [3.05, 3.63) is 77.1 Å². The fraction of sp³-hybridized carbons (Fsp3) is 0.100. The van der Waals surface area contributed by atoms with Crippen LogP contribution in [0.5, 0.6) is 11.8 Å². The summed E-state index contributed by atoms with van der Waals surface area (Å²) in [6.07, 6.45) is 3.92. The Morgan fingerprint density at radius 3 is 2.58 bits per heavy atom.